The van der Waals surface area contributed by atoms with Crippen LogP contribution in [0.5, 0.6) is 0 Å². The molecule has 3 amide bonds. The van der Waals surface area contributed by atoms with Crippen LogP contribution in [0.2, 0.25) is 0 Å². The molecule has 43 heavy (non-hydrogen) atoms. The summed E-state index contributed by atoms with van der Waals surface area (Å²) < 4.78 is 111. The fourth-order valence-corrected chi connectivity index (χ4v) is 6.08. The van der Waals surface area contributed by atoms with Gasteiger partial charge in [-0.15, -0.1) is 0 Å². The molecule has 236 valence electrons. The molecule has 0 radical (unpaired) electrons. The summed E-state index contributed by atoms with van der Waals surface area (Å²) in [5.41, 5.74) is -4.33. The lowest BCUT2D eigenvalue weighted by atomic mass is 9.64. The number of carbonyl (C=O) groups excluding carboxylic acids is 2. The molecule has 0 aromatic heterocycles. The molecule has 1 saturated heterocycles. The molecule has 4 rings (SSSR count). The van der Waals surface area contributed by atoms with Crippen molar-refractivity contribution < 1.29 is 49.1 Å². The molecule has 8 nitrogen and oxygen atoms in total. The molecule has 2 aliphatic rings. The average molecular weight is 636 g/mol. The zero-order chi connectivity index (χ0) is 31.8. The summed E-state index contributed by atoms with van der Waals surface area (Å²) in [6.07, 6.45) is -9.19. The average Bonchev–Trinajstić information content (AvgIpc) is 3.15. The smallest absolute Gasteiger partial charge is 0.373 e. The van der Waals surface area contributed by atoms with Crippen LogP contribution in [-0.4, -0.2) is 56.7 Å². The number of urea groups is 1. The Morgan fingerprint density at radius 3 is 2.02 bits per heavy atom. The molecule has 15 heteroatoms. The number of sulfonamides is 1. The molecular formula is C28H31F6N3O5S. The molecule has 2 fully saturated rings. The third-order valence-corrected chi connectivity index (χ3v) is 8.81. The molecule has 1 aliphatic carbocycles. The van der Waals surface area contributed by atoms with Crippen molar-refractivity contribution in [1.29, 1.82) is 0 Å². The number of halogens is 6. The first-order valence-corrected chi connectivity index (χ1v) is 15.3. The van der Waals surface area contributed by atoms with Gasteiger partial charge in [0.1, 0.15) is 5.54 Å². The molecule has 1 heterocycles. The number of carbonyl (C=O) groups is 2. The van der Waals surface area contributed by atoms with Crippen LogP contribution in [0, 0.1) is 0 Å². The minimum Gasteiger partial charge on any atom is -0.373 e. The number of benzene rings is 2. The zero-order valence-electron chi connectivity index (χ0n) is 23.3. The normalized spacial score (nSPS) is 24.0. The highest BCUT2D eigenvalue weighted by molar-refractivity contribution is 7.88. The van der Waals surface area contributed by atoms with Gasteiger partial charge in [0, 0.05) is 18.5 Å². The Labute approximate surface area is 244 Å². The van der Waals surface area contributed by atoms with E-state index in [4.69, 9.17) is 4.74 Å². The number of imide groups is 1. The maximum atomic E-state index is 13.4. The quantitative estimate of drug-likeness (QED) is 0.293. The summed E-state index contributed by atoms with van der Waals surface area (Å²) >= 11 is 0. The van der Waals surface area contributed by atoms with Crippen LogP contribution in [0.3, 0.4) is 0 Å². The SMILES string of the molecule is C[C@@H](OCC1(c2ccccc2)CCC2(CC1)NC(=O)N(CCNS(C)(=O)=O)C2=O)c1cc(C(F)(F)F)cc(C(F)(F)F)c1. The van der Waals surface area contributed by atoms with Gasteiger partial charge < -0.3 is 10.1 Å². The van der Waals surface area contributed by atoms with Gasteiger partial charge in [-0.25, -0.2) is 17.9 Å². The van der Waals surface area contributed by atoms with E-state index < -0.39 is 62.5 Å². The van der Waals surface area contributed by atoms with E-state index in [0.717, 1.165) is 16.7 Å². The fourth-order valence-electron chi connectivity index (χ4n) is 5.62. The van der Waals surface area contributed by atoms with Crippen molar-refractivity contribution in [3.63, 3.8) is 0 Å². The summed E-state index contributed by atoms with van der Waals surface area (Å²) in [5, 5.41) is 2.74. The minimum absolute atomic E-state index is 0.0652. The number of nitrogens with zero attached hydrogens (tertiary/aromatic N) is 1. The number of alkyl halides is 6. The largest absolute Gasteiger partial charge is 0.416 e. The van der Waals surface area contributed by atoms with Gasteiger partial charge in [-0.1, -0.05) is 30.3 Å². The summed E-state index contributed by atoms with van der Waals surface area (Å²) in [7, 11) is -3.53. The standard InChI is InChI=1S/C28H31F6N3O5S/c1-18(19-14-21(27(29,30)31)16-22(15-19)28(32,33)34)42-17-25(20-6-4-3-5-7-20)8-10-26(11-9-25)23(38)37(24(39)36-26)13-12-35-43(2,40)41/h3-7,14-16,18,35H,8-13,17H2,1-2H3,(H,36,39)/t18-,25?,26?/m1/s1. The molecule has 1 saturated carbocycles. The number of amides is 3. The molecular weight excluding hydrogens is 604 g/mol. The van der Waals surface area contributed by atoms with Crippen LogP contribution in [-0.2, 0) is 37.3 Å². The van der Waals surface area contributed by atoms with Gasteiger partial charge in [-0.2, -0.15) is 26.3 Å². The second kappa shape index (κ2) is 11.7. The molecule has 0 bridgehead atoms. The third kappa shape index (κ3) is 7.32. The van der Waals surface area contributed by atoms with Crippen LogP contribution in [0.4, 0.5) is 31.1 Å². The topological polar surface area (TPSA) is 105 Å². The molecule has 1 aliphatic heterocycles. The molecule has 0 unspecified atom stereocenters. The number of hydrogen-bond acceptors (Lipinski definition) is 5. The van der Waals surface area contributed by atoms with E-state index >= 15 is 0 Å². The van der Waals surface area contributed by atoms with E-state index in [9.17, 15) is 44.3 Å². The molecule has 1 spiro atoms. The first-order chi connectivity index (χ1) is 19.9. The molecule has 1 atom stereocenters. The number of rotatable bonds is 9. The Bertz CT molecular complexity index is 1420. The van der Waals surface area contributed by atoms with E-state index in [-0.39, 0.29) is 44.2 Å². The maximum absolute atomic E-state index is 13.4. The van der Waals surface area contributed by atoms with Crippen LogP contribution >= 0.6 is 0 Å². The first-order valence-electron chi connectivity index (χ1n) is 13.4. The van der Waals surface area contributed by atoms with Crippen molar-refractivity contribution in [2.75, 3.05) is 26.0 Å². The maximum Gasteiger partial charge on any atom is 0.416 e. The van der Waals surface area contributed by atoms with E-state index in [0.29, 0.717) is 25.0 Å². The van der Waals surface area contributed by atoms with E-state index in [1.165, 1.54) is 6.92 Å². The van der Waals surface area contributed by atoms with Gasteiger partial charge in [0.05, 0.1) is 30.1 Å². The number of ether oxygens (including phenoxy) is 1. The van der Waals surface area contributed by atoms with Gasteiger partial charge in [0.2, 0.25) is 10.0 Å². The van der Waals surface area contributed by atoms with E-state index in [2.05, 4.69) is 10.0 Å². The lowest BCUT2D eigenvalue weighted by Gasteiger charge is -2.44. The van der Waals surface area contributed by atoms with Crippen molar-refractivity contribution in [3.8, 4) is 0 Å². The first kappa shape index (κ1) is 32.7. The Kier molecular flexibility index (Phi) is 8.93. The number of nitrogens with one attached hydrogen (secondary N) is 2. The van der Waals surface area contributed by atoms with Gasteiger partial charge in [-0.3, -0.25) is 9.69 Å². The van der Waals surface area contributed by atoms with Crippen molar-refractivity contribution in [2.45, 2.75) is 62.0 Å². The van der Waals surface area contributed by atoms with Crippen molar-refractivity contribution in [3.05, 3.63) is 70.8 Å². The van der Waals surface area contributed by atoms with E-state index in [1.807, 2.05) is 12.1 Å². The minimum atomic E-state index is -4.99. The Morgan fingerprint density at radius 2 is 1.51 bits per heavy atom. The summed E-state index contributed by atoms with van der Waals surface area (Å²) in [5.74, 6) is -0.493. The predicted molar refractivity (Wildman–Crippen MR) is 143 cm³/mol. The highest BCUT2D eigenvalue weighted by atomic mass is 32.2. The molecule has 2 N–H and O–H groups in total. The van der Waals surface area contributed by atoms with Crippen LogP contribution in [0.25, 0.3) is 0 Å². The van der Waals surface area contributed by atoms with Crippen molar-refractivity contribution in [1.82, 2.24) is 14.9 Å². The highest BCUT2D eigenvalue weighted by Gasteiger charge is 2.55. The zero-order valence-corrected chi connectivity index (χ0v) is 24.1. The Hall–Kier alpha value is -3.17. The predicted octanol–water partition coefficient (Wildman–Crippen LogP) is 5.15. The Morgan fingerprint density at radius 1 is 0.953 bits per heavy atom. The second-order valence-corrected chi connectivity index (χ2v) is 12.9. The summed E-state index contributed by atoms with van der Waals surface area (Å²) in [4.78, 5) is 26.9. The van der Waals surface area contributed by atoms with Crippen LogP contribution in [0.1, 0.15) is 61.0 Å². The van der Waals surface area contributed by atoms with E-state index in [1.54, 1.807) is 18.2 Å². The molecule has 2 aromatic rings. The Balaban J connectivity index is 1.54. The lowest BCUT2D eigenvalue weighted by Crippen LogP contribution is -2.53. The number of hydrogen-bond donors (Lipinski definition) is 2. The van der Waals surface area contributed by atoms with Gasteiger partial charge in [0.25, 0.3) is 5.91 Å². The third-order valence-electron chi connectivity index (χ3n) is 8.08. The second-order valence-electron chi connectivity index (χ2n) is 11.1. The molecule has 2 aromatic carbocycles. The monoisotopic (exact) mass is 635 g/mol. The lowest BCUT2D eigenvalue weighted by molar-refractivity contribution is -0.143. The fraction of sp³-hybridized carbons (Fsp3) is 0.500. The summed E-state index contributed by atoms with van der Waals surface area (Å²) in [6.45, 7) is 0.984. The van der Waals surface area contributed by atoms with Crippen LogP contribution in [0.15, 0.2) is 48.5 Å². The van der Waals surface area contributed by atoms with Crippen LogP contribution < -0.4 is 10.0 Å². The van der Waals surface area contributed by atoms with Gasteiger partial charge in [0.15, 0.2) is 0 Å². The van der Waals surface area contributed by atoms with Gasteiger partial charge >= 0.3 is 18.4 Å². The summed E-state index contributed by atoms with van der Waals surface area (Å²) in [6, 6.07) is 9.72. The van der Waals surface area contributed by atoms with Crippen molar-refractivity contribution in [2.24, 2.45) is 0 Å². The van der Waals surface area contributed by atoms with Gasteiger partial charge in [-0.05, 0) is 61.9 Å². The highest BCUT2D eigenvalue weighted by Crippen LogP contribution is 2.46. The van der Waals surface area contributed by atoms with Crippen molar-refractivity contribution >= 4 is 22.0 Å².